The van der Waals surface area contributed by atoms with Gasteiger partial charge in [-0.15, -0.1) is 11.3 Å². The topological polar surface area (TPSA) is 32.3 Å². The Labute approximate surface area is 121 Å². The van der Waals surface area contributed by atoms with Gasteiger partial charge in [0.25, 0.3) is 5.91 Å². The number of nitrogens with zero attached hydrogens (tertiary/aromatic N) is 1. The van der Waals surface area contributed by atoms with Crippen LogP contribution in [0.3, 0.4) is 0 Å². The average molecular weight is 292 g/mol. The third-order valence-electron chi connectivity index (χ3n) is 3.72. The van der Waals surface area contributed by atoms with Gasteiger partial charge in [-0.3, -0.25) is 4.79 Å². The molecule has 5 heteroatoms. The molecule has 0 atom stereocenters. The van der Waals surface area contributed by atoms with Gasteiger partial charge in [-0.25, -0.2) is 4.39 Å². The standard InChI is InChI=1S/C15H17FN2OS/c1-10-12-9-11(16)3-4-13(12)20-14(10)15(19)18-7-2-5-17-6-8-18/h3-4,9,17H,2,5-8H2,1H3. The average Bonchev–Trinajstić information content (AvgIpc) is 2.66. The number of amides is 1. The number of nitrogens with one attached hydrogen (secondary N) is 1. The summed E-state index contributed by atoms with van der Waals surface area (Å²) < 4.78 is 14.3. The molecular weight excluding hydrogens is 275 g/mol. The van der Waals surface area contributed by atoms with Gasteiger partial charge in [0, 0.05) is 24.3 Å². The quantitative estimate of drug-likeness (QED) is 0.876. The van der Waals surface area contributed by atoms with Crippen molar-refractivity contribution < 1.29 is 9.18 Å². The SMILES string of the molecule is Cc1c(C(=O)N2CCCNCC2)sc2ccc(F)cc12. The van der Waals surface area contributed by atoms with Crippen LogP contribution in [0.4, 0.5) is 4.39 Å². The van der Waals surface area contributed by atoms with E-state index in [1.54, 1.807) is 6.07 Å². The van der Waals surface area contributed by atoms with Gasteiger partial charge in [-0.2, -0.15) is 0 Å². The minimum absolute atomic E-state index is 0.0767. The lowest BCUT2D eigenvalue weighted by molar-refractivity contribution is 0.0770. The number of aryl methyl sites for hydroxylation is 1. The van der Waals surface area contributed by atoms with Crippen LogP contribution in [0.1, 0.15) is 21.7 Å². The van der Waals surface area contributed by atoms with Crippen molar-refractivity contribution in [3.8, 4) is 0 Å². The third-order valence-corrected chi connectivity index (χ3v) is 4.98. The van der Waals surface area contributed by atoms with Crippen LogP contribution in [-0.2, 0) is 0 Å². The molecule has 2 heterocycles. The number of fused-ring (bicyclic) bond motifs is 1. The first-order chi connectivity index (χ1) is 9.66. The van der Waals surface area contributed by atoms with Crippen molar-refractivity contribution in [1.82, 2.24) is 10.2 Å². The molecule has 1 aromatic heterocycles. The molecule has 106 valence electrons. The van der Waals surface area contributed by atoms with E-state index in [1.807, 2.05) is 11.8 Å². The second kappa shape index (κ2) is 5.50. The molecule has 3 nitrogen and oxygen atoms in total. The van der Waals surface area contributed by atoms with Crippen molar-refractivity contribution in [2.45, 2.75) is 13.3 Å². The molecule has 0 unspecified atom stereocenters. The molecule has 1 fully saturated rings. The minimum Gasteiger partial charge on any atom is -0.337 e. The van der Waals surface area contributed by atoms with Crippen molar-refractivity contribution in [3.05, 3.63) is 34.5 Å². The lowest BCUT2D eigenvalue weighted by atomic mass is 10.1. The van der Waals surface area contributed by atoms with E-state index in [4.69, 9.17) is 0 Å². The molecule has 0 aliphatic carbocycles. The van der Waals surface area contributed by atoms with E-state index in [1.165, 1.54) is 23.5 Å². The van der Waals surface area contributed by atoms with Gasteiger partial charge in [0.05, 0.1) is 4.88 Å². The van der Waals surface area contributed by atoms with Crippen LogP contribution in [0.2, 0.25) is 0 Å². The van der Waals surface area contributed by atoms with Crippen LogP contribution in [0.25, 0.3) is 10.1 Å². The number of hydrogen-bond acceptors (Lipinski definition) is 3. The Morgan fingerprint density at radius 1 is 1.35 bits per heavy atom. The maximum atomic E-state index is 13.3. The fourth-order valence-electron chi connectivity index (χ4n) is 2.59. The van der Waals surface area contributed by atoms with Gasteiger partial charge in [0.15, 0.2) is 0 Å². The Morgan fingerprint density at radius 3 is 3.05 bits per heavy atom. The molecule has 1 aliphatic heterocycles. The van der Waals surface area contributed by atoms with Crippen molar-refractivity contribution in [3.63, 3.8) is 0 Å². The summed E-state index contributed by atoms with van der Waals surface area (Å²) in [6.07, 6.45) is 0.976. The minimum atomic E-state index is -0.253. The van der Waals surface area contributed by atoms with Crippen molar-refractivity contribution >= 4 is 27.3 Å². The highest BCUT2D eigenvalue weighted by molar-refractivity contribution is 7.21. The molecule has 1 saturated heterocycles. The maximum Gasteiger partial charge on any atom is 0.264 e. The summed E-state index contributed by atoms with van der Waals surface area (Å²) in [5.41, 5.74) is 0.895. The molecule has 1 N–H and O–H groups in total. The van der Waals surface area contributed by atoms with E-state index in [-0.39, 0.29) is 11.7 Å². The number of rotatable bonds is 1. The summed E-state index contributed by atoms with van der Waals surface area (Å²) in [5, 5.41) is 4.15. The van der Waals surface area contributed by atoms with Crippen molar-refractivity contribution in [2.75, 3.05) is 26.2 Å². The summed E-state index contributed by atoms with van der Waals surface area (Å²) in [5.74, 6) is -0.177. The van der Waals surface area contributed by atoms with Gasteiger partial charge in [-0.05, 0) is 49.0 Å². The Morgan fingerprint density at radius 2 is 2.20 bits per heavy atom. The molecule has 0 spiro atoms. The fraction of sp³-hybridized carbons (Fsp3) is 0.400. The highest BCUT2D eigenvalue weighted by Gasteiger charge is 2.22. The molecule has 1 aliphatic rings. The Kier molecular flexibility index (Phi) is 3.72. The molecule has 1 aromatic carbocycles. The molecule has 3 rings (SSSR count). The van der Waals surface area contributed by atoms with Crippen LogP contribution >= 0.6 is 11.3 Å². The van der Waals surface area contributed by atoms with Crippen LogP contribution < -0.4 is 5.32 Å². The van der Waals surface area contributed by atoms with Gasteiger partial charge >= 0.3 is 0 Å². The molecule has 0 saturated carbocycles. The normalized spacial score (nSPS) is 16.4. The van der Waals surface area contributed by atoms with E-state index >= 15 is 0 Å². The largest absolute Gasteiger partial charge is 0.337 e. The monoisotopic (exact) mass is 292 g/mol. The van der Waals surface area contributed by atoms with Gasteiger partial charge in [-0.1, -0.05) is 0 Å². The van der Waals surface area contributed by atoms with Crippen LogP contribution in [0, 0.1) is 12.7 Å². The van der Waals surface area contributed by atoms with E-state index in [0.717, 1.165) is 53.1 Å². The number of thiophene rings is 1. The third kappa shape index (κ3) is 2.43. The zero-order valence-corrected chi connectivity index (χ0v) is 12.2. The zero-order valence-electron chi connectivity index (χ0n) is 11.4. The lowest BCUT2D eigenvalue weighted by Gasteiger charge is -2.19. The fourth-order valence-corrected chi connectivity index (χ4v) is 3.75. The first-order valence-corrected chi connectivity index (χ1v) is 7.67. The van der Waals surface area contributed by atoms with Crippen LogP contribution in [0.5, 0.6) is 0 Å². The van der Waals surface area contributed by atoms with Gasteiger partial charge < -0.3 is 10.2 Å². The van der Waals surface area contributed by atoms with E-state index < -0.39 is 0 Å². The summed E-state index contributed by atoms with van der Waals surface area (Å²) in [6.45, 7) is 5.22. The van der Waals surface area contributed by atoms with Crippen molar-refractivity contribution in [2.24, 2.45) is 0 Å². The molecule has 20 heavy (non-hydrogen) atoms. The van der Waals surface area contributed by atoms with E-state index in [0.29, 0.717) is 0 Å². The Bertz CT molecular complexity index is 645. The van der Waals surface area contributed by atoms with Crippen molar-refractivity contribution in [1.29, 1.82) is 0 Å². The summed E-state index contributed by atoms with van der Waals surface area (Å²) in [7, 11) is 0. The highest BCUT2D eigenvalue weighted by Crippen LogP contribution is 2.32. The highest BCUT2D eigenvalue weighted by atomic mass is 32.1. The van der Waals surface area contributed by atoms with Crippen LogP contribution in [0.15, 0.2) is 18.2 Å². The number of benzene rings is 1. The van der Waals surface area contributed by atoms with Crippen LogP contribution in [-0.4, -0.2) is 37.0 Å². The Balaban J connectivity index is 1.96. The predicted molar refractivity (Wildman–Crippen MR) is 79.9 cm³/mol. The summed E-state index contributed by atoms with van der Waals surface area (Å²) in [6, 6.07) is 4.72. The predicted octanol–water partition coefficient (Wildman–Crippen LogP) is 2.78. The maximum absolute atomic E-state index is 13.3. The smallest absolute Gasteiger partial charge is 0.264 e. The molecule has 1 amide bonds. The second-order valence-corrected chi connectivity index (χ2v) is 6.14. The lowest BCUT2D eigenvalue weighted by Crippen LogP contribution is -2.34. The first-order valence-electron chi connectivity index (χ1n) is 6.85. The molecule has 0 radical (unpaired) electrons. The number of halogens is 1. The molecular formula is C15H17FN2OS. The Hall–Kier alpha value is -1.46. The summed E-state index contributed by atoms with van der Waals surface area (Å²) in [4.78, 5) is 15.3. The first kappa shape index (κ1) is 13.5. The summed E-state index contributed by atoms with van der Waals surface area (Å²) >= 11 is 1.46. The van der Waals surface area contributed by atoms with E-state index in [9.17, 15) is 9.18 Å². The number of carbonyl (C=O) groups is 1. The number of carbonyl (C=O) groups excluding carboxylic acids is 1. The number of hydrogen-bond donors (Lipinski definition) is 1. The zero-order chi connectivity index (χ0) is 14.1. The van der Waals surface area contributed by atoms with Gasteiger partial charge in [0.1, 0.15) is 5.82 Å². The second-order valence-electron chi connectivity index (χ2n) is 5.09. The molecule has 0 bridgehead atoms. The van der Waals surface area contributed by atoms with E-state index in [2.05, 4.69) is 5.32 Å². The molecule has 2 aromatic rings. The van der Waals surface area contributed by atoms with Gasteiger partial charge in [0.2, 0.25) is 0 Å².